The lowest BCUT2D eigenvalue weighted by Gasteiger charge is -2.30. The first-order valence-corrected chi connectivity index (χ1v) is 7.19. The van der Waals surface area contributed by atoms with E-state index in [1.165, 1.54) is 0 Å². The highest BCUT2D eigenvalue weighted by Crippen LogP contribution is 2.46. The van der Waals surface area contributed by atoms with E-state index in [9.17, 15) is 15.0 Å². The second kappa shape index (κ2) is 5.87. The molecule has 2 fully saturated rings. The van der Waals surface area contributed by atoms with Gasteiger partial charge in [-0.2, -0.15) is 0 Å². The van der Waals surface area contributed by atoms with Crippen molar-refractivity contribution in [2.75, 3.05) is 19.8 Å². The van der Waals surface area contributed by atoms with E-state index in [-0.39, 0.29) is 43.2 Å². The topological polar surface area (TPSA) is 88.0 Å². The summed E-state index contributed by atoms with van der Waals surface area (Å²) in [5.41, 5.74) is -0.509. The molecule has 1 amide bonds. The fraction of sp³-hybridized carbons (Fsp3) is 0.929. The third kappa shape index (κ3) is 3.24. The van der Waals surface area contributed by atoms with E-state index in [1.807, 2.05) is 20.8 Å². The van der Waals surface area contributed by atoms with Gasteiger partial charge in [0.1, 0.15) is 5.60 Å². The molecule has 20 heavy (non-hydrogen) atoms. The first kappa shape index (κ1) is 15.5. The van der Waals surface area contributed by atoms with E-state index in [0.717, 1.165) is 6.42 Å². The molecule has 0 radical (unpaired) electrons. The molecule has 2 aliphatic rings. The summed E-state index contributed by atoms with van der Waals surface area (Å²) in [6, 6.07) is 0. The van der Waals surface area contributed by atoms with Gasteiger partial charge in [-0.3, -0.25) is 0 Å². The molecular formula is C14H25NO5. The third-order valence-corrected chi connectivity index (χ3v) is 4.11. The Hall–Kier alpha value is -0.850. The number of nitrogens with one attached hydrogen (secondary N) is 1. The number of rotatable bonds is 4. The highest BCUT2D eigenvalue weighted by molar-refractivity contribution is 5.67. The number of carbonyl (C=O) groups is 1. The monoisotopic (exact) mass is 287 g/mol. The van der Waals surface area contributed by atoms with E-state index in [1.54, 1.807) is 0 Å². The number of ether oxygens (including phenoxy) is 2. The van der Waals surface area contributed by atoms with Crippen LogP contribution in [0.2, 0.25) is 0 Å². The van der Waals surface area contributed by atoms with Crippen LogP contribution in [0, 0.1) is 17.8 Å². The maximum absolute atomic E-state index is 11.6. The number of carbonyl (C=O) groups excluding carboxylic acids is 1. The van der Waals surface area contributed by atoms with E-state index < -0.39 is 11.7 Å². The van der Waals surface area contributed by atoms with Crippen LogP contribution < -0.4 is 5.32 Å². The maximum atomic E-state index is 11.6. The second-order valence-electron chi connectivity index (χ2n) is 6.71. The van der Waals surface area contributed by atoms with Gasteiger partial charge in [0.2, 0.25) is 0 Å². The summed E-state index contributed by atoms with van der Waals surface area (Å²) in [6.07, 6.45) is 0.284. The summed E-state index contributed by atoms with van der Waals surface area (Å²) < 4.78 is 11.0. The van der Waals surface area contributed by atoms with Crippen LogP contribution in [0.4, 0.5) is 4.79 Å². The Labute approximate surface area is 119 Å². The van der Waals surface area contributed by atoms with Crippen molar-refractivity contribution >= 4 is 6.09 Å². The van der Waals surface area contributed by atoms with Gasteiger partial charge in [-0.1, -0.05) is 0 Å². The second-order valence-corrected chi connectivity index (χ2v) is 6.71. The fourth-order valence-electron chi connectivity index (χ4n) is 3.27. The van der Waals surface area contributed by atoms with Gasteiger partial charge in [0.25, 0.3) is 0 Å². The average Bonchev–Trinajstić information content (AvgIpc) is 2.90. The molecule has 2 heterocycles. The molecule has 2 bridgehead atoms. The molecule has 116 valence electrons. The fourth-order valence-corrected chi connectivity index (χ4v) is 3.27. The molecule has 2 aliphatic heterocycles. The van der Waals surface area contributed by atoms with Crippen LogP contribution in [0.5, 0.6) is 0 Å². The van der Waals surface area contributed by atoms with Crippen molar-refractivity contribution in [1.29, 1.82) is 0 Å². The number of alkyl carbamates (subject to hydrolysis) is 1. The maximum Gasteiger partial charge on any atom is 0.407 e. The number of aliphatic hydroxyl groups is 2. The summed E-state index contributed by atoms with van der Waals surface area (Å²) in [7, 11) is 0. The van der Waals surface area contributed by atoms with Crippen molar-refractivity contribution in [2.45, 2.75) is 45.0 Å². The van der Waals surface area contributed by atoms with Gasteiger partial charge < -0.3 is 25.0 Å². The number of hydrogen-bond donors (Lipinski definition) is 3. The minimum atomic E-state index is -0.509. The number of fused-ring (bicyclic) bond motifs is 2. The SMILES string of the molecule is CC(C)(C)OC(=O)NCC1CC2OC1C(CO)C2CO. The van der Waals surface area contributed by atoms with E-state index in [0.29, 0.717) is 6.54 Å². The smallest absolute Gasteiger partial charge is 0.407 e. The van der Waals surface area contributed by atoms with Crippen LogP contribution in [0.15, 0.2) is 0 Å². The molecule has 3 N–H and O–H groups in total. The molecular weight excluding hydrogens is 262 g/mol. The van der Waals surface area contributed by atoms with Crippen LogP contribution in [0.1, 0.15) is 27.2 Å². The van der Waals surface area contributed by atoms with Crippen LogP contribution in [-0.4, -0.2) is 53.9 Å². The van der Waals surface area contributed by atoms with Crippen molar-refractivity contribution < 1.29 is 24.5 Å². The van der Waals surface area contributed by atoms with Crippen LogP contribution in [0.3, 0.4) is 0 Å². The van der Waals surface area contributed by atoms with Crippen molar-refractivity contribution in [3.05, 3.63) is 0 Å². The minimum absolute atomic E-state index is 0.00686. The summed E-state index contributed by atoms with van der Waals surface area (Å²) in [4.78, 5) is 11.6. The molecule has 6 heteroatoms. The average molecular weight is 287 g/mol. The lowest BCUT2D eigenvalue weighted by molar-refractivity contribution is 0.0453. The van der Waals surface area contributed by atoms with Gasteiger partial charge in [0, 0.05) is 37.5 Å². The highest BCUT2D eigenvalue weighted by atomic mass is 16.6. The van der Waals surface area contributed by atoms with Crippen LogP contribution >= 0.6 is 0 Å². The number of amides is 1. The summed E-state index contributed by atoms with van der Waals surface area (Å²) in [5.74, 6) is 0.152. The first-order valence-electron chi connectivity index (χ1n) is 7.19. The van der Waals surface area contributed by atoms with E-state index in [2.05, 4.69) is 5.32 Å². The predicted octanol–water partition coefficient (Wildman–Crippen LogP) is 0.515. The van der Waals surface area contributed by atoms with Gasteiger partial charge in [-0.15, -0.1) is 0 Å². The molecule has 2 rings (SSSR count). The summed E-state index contributed by atoms with van der Waals surface area (Å²) in [5, 5.41) is 21.5. The number of hydrogen-bond acceptors (Lipinski definition) is 5. The molecule has 6 nitrogen and oxygen atoms in total. The summed E-state index contributed by atoms with van der Waals surface area (Å²) in [6.45, 7) is 5.99. The Kier molecular flexibility index (Phi) is 4.56. The molecule has 5 unspecified atom stereocenters. The zero-order valence-corrected chi connectivity index (χ0v) is 12.3. The lowest BCUT2D eigenvalue weighted by Crippen LogP contribution is -2.43. The molecule has 0 aliphatic carbocycles. The van der Waals surface area contributed by atoms with Gasteiger partial charge in [0.15, 0.2) is 0 Å². The van der Waals surface area contributed by atoms with E-state index in [4.69, 9.17) is 9.47 Å². The van der Waals surface area contributed by atoms with Crippen molar-refractivity contribution in [3.63, 3.8) is 0 Å². The standard InChI is InChI=1S/C14H25NO5/c1-14(2,3)20-13(18)15-5-8-4-11-9(6-16)10(7-17)12(8)19-11/h8-12,16-17H,4-7H2,1-3H3,(H,15,18). The molecule has 2 saturated heterocycles. The third-order valence-electron chi connectivity index (χ3n) is 4.11. The Bertz CT molecular complexity index is 354. The molecule has 0 aromatic rings. The largest absolute Gasteiger partial charge is 0.444 e. The predicted molar refractivity (Wildman–Crippen MR) is 72.2 cm³/mol. The van der Waals surface area contributed by atoms with Gasteiger partial charge in [-0.25, -0.2) is 4.79 Å². The van der Waals surface area contributed by atoms with Crippen LogP contribution in [-0.2, 0) is 9.47 Å². The van der Waals surface area contributed by atoms with Crippen LogP contribution in [0.25, 0.3) is 0 Å². The van der Waals surface area contributed by atoms with Crippen molar-refractivity contribution in [3.8, 4) is 0 Å². The summed E-state index contributed by atoms with van der Waals surface area (Å²) >= 11 is 0. The molecule has 0 spiro atoms. The normalized spacial score (nSPS) is 36.1. The Morgan fingerprint density at radius 2 is 1.95 bits per heavy atom. The Morgan fingerprint density at radius 1 is 1.30 bits per heavy atom. The first-order chi connectivity index (χ1) is 9.35. The molecule has 0 saturated carbocycles. The Balaban J connectivity index is 1.83. The van der Waals surface area contributed by atoms with Gasteiger partial charge in [-0.05, 0) is 27.2 Å². The zero-order chi connectivity index (χ0) is 14.9. The van der Waals surface area contributed by atoms with Gasteiger partial charge in [0.05, 0.1) is 12.2 Å². The van der Waals surface area contributed by atoms with E-state index >= 15 is 0 Å². The van der Waals surface area contributed by atoms with Crippen molar-refractivity contribution in [1.82, 2.24) is 5.32 Å². The molecule has 0 aromatic carbocycles. The quantitative estimate of drug-likeness (QED) is 0.701. The molecule has 0 aromatic heterocycles. The highest BCUT2D eigenvalue weighted by Gasteiger charge is 2.53. The molecule has 5 atom stereocenters. The zero-order valence-electron chi connectivity index (χ0n) is 12.3. The minimum Gasteiger partial charge on any atom is -0.444 e. The van der Waals surface area contributed by atoms with Gasteiger partial charge >= 0.3 is 6.09 Å². The lowest BCUT2D eigenvalue weighted by atomic mass is 9.74. The Morgan fingerprint density at radius 3 is 2.50 bits per heavy atom. The number of aliphatic hydroxyl groups excluding tert-OH is 2. The van der Waals surface area contributed by atoms with Crippen molar-refractivity contribution in [2.24, 2.45) is 17.8 Å².